The number of rotatable bonds is 3. The standard InChI is InChI=1S/C18H16ClN3OS/c1-12-17(14-5-7-15(19)8-6-14)21-22-18(24-12)20-11-13-3-9-16(23-2)10-4-13/h3-11,21H,1-2H3. The number of hydrazone groups is 1. The van der Waals surface area contributed by atoms with Crippen LogP contribution in [0.5, 0.6) is 5.75 Å². The summed E-state index contributed by atoms with van der Waals surface area (Å²) >= 11 is 7.46. The SMILES string of the molecule is COc1ccc(C=NC2=NNC(c3ccc(Cl)cc3)=C(C)S2)cc1. The third-order valence-corrected chi connectivity index (χ3v) is 4.57. The van der Waals surface area contributed by atoms with Crippen molar-refractivity contribution in [3.63, 3.8) is 0 Å². The van der Waals surface area contributed by atoms with Gasteiger partial charge in [-0.05, 0) is 48.9 Å². The Morgan fingerprint density at radius 2 is 1.83 bits per heavy atom. The summed E-state index contributed by atoms with van der Waals surface area (Å²) in [7, 11) is 1.65. The molecule has 24 heavy (non-hydrogen) atoms. The van der Waals surface area contributed by atoms with E-state index in [2.05, 4.69) is 15.5 Å². The highest BCUT2D eigenvalue weighted by atomic mass is 35.5. The second-order valence-corrected chi connectivity index (χ2v) is 6.70. The molecule has 1 N–H and O–H groups in total. The van der Waals surface area contributed by atoms with Crippen molar-refractivity contribution in [2.75, 3.05) is 7.11 Å². The molecule has 0 unspecified atom stereocenters. The maximum Gasteiger partial charge on any atom is 0.211 e. The quantitative estimate of drug-likeness (QED) is 0.805. The van der Waals surface area contributed by atoms with Crippen LogP contribution in [-0.4, -0.2) is 18.5 Å². The van der Waals surface area contributed by atoms with Crippen molar-refractivity contribution in [3.05, 3.63) is 69.6 Å². The highest BCUT2D eigenvalue weighted by Crippen LogP contribution is 2.30. The molecule has 0 amide bonds. The Balaban J connectivity index is 1.69. The summed E-state index contributed by atoms with van der Waals surface area (Å²) in [6, 6.07) is 15.4. The molecule has 0 saturated heterocycles. The Hall–Kier alpha value is -2.24. The molecule has 1 aliphatic rings. The Morgan fingerprint density at radius 1 is 1.12 bits per heavy atom. The van der Waals surface area contributed by atoms with Gasteiger partial charge >= 0.3 is 0 Å². The molecule has 0 bridgehead atoms. The van der Waals surface area contributed by atoms with Crippen LogP contribution in [0, 0.1) is 0 Å². The Kier molecular flexibility index (Phi) is 5.23. The first-order valence-corrected chi connectivity index (χ1v) is 8.51. The largest absolute Gasteiger partial charge is 0.497 e. The zero-order chi connectivity index (χ0) is 16.9. The van der Waals surface area contributed by atoms with E-state index in [1.165, 1.54) is 11.8 Å². The van der Waals surface area contributed by atoms with Gasteiger partial charge in [0, 0.05) is 21.7 Å². The number of halogens is 1. The van der Waals surface area contributed by atoms with Gasteiger partial charge in [0.25, 0.3) is 0 Å². The summed E-state index contributed by atoms with van der Waals surface area (Å²) in [5.74, 6) is 0.824. The molecule has 0 fully saturated rings. The van der Waals surface area contributed by atoms with Crippen LogP contribution in [-0.2, 0) is 0 Å². The molecule has 3 rings (SSSR count). The van der Waals surface area contributed by atoms with Crippen LogP contribution in [0.4, 0.5) is 0 Å². The molecule has 0 saturated carbocycles. The van der Waals surface area contributed by atoms with Crippen molar-refractivity contribution >= 4 is 40.4 Å². The van der Waals surface area contributed by atoms with Crippen LogP contribution in [0.1, 0.15) is 18.1 Å². The number of allylic oxidation sites excluding steroid dienone is 1. The van der Waals surface area contributed by atoms with Gasteiger partial charge in [-0.3, -0.25) is 5.43 Å². The minimum Gasteiger partial charge on any atom is -0.497 e. The first-order valence-electron chi connectivity index (χ1n) is 7.32. The average molecular weight is 358 g/mol. The number of ether oxygens (including phenoxy) is 1. The first-order chi connectivity index (χ1) is 11.7. The zero-order valence-corrected chi connectivity index (χ0v) is 14.9. The fourth-order valence-corrected chi connectivity index (χ4v) is 3.01. The molecule has 0 radical (unpaired) electrons. The van der Waals surface area contributed by atoms with Crippen molar-refractivity contribution < 1.29 is 4.74 Å². The van der Waals surface area contributed by atoms with Gasteiger partial charge in [-0.2, -0.15) is 0 Å². The summed E-state index contributed by atoms with van der Waals surface area (Å²) < 4.78 is 5.14. The fraction of sp³-hybridized carbons (Fsp3) is 0.111. The highest BCUT2D eigenvalue weighted by molar-refractivity contribution is 8.17. The Bertz CT molecular complexity index is 811. The first kappa shape index (κ1) is 16.6. The number of nitrogens with zero attached hydrogens (tertiary/aromatic N) is 2. The minimum atomic E-state index is 0.668. The number of hydrogen-bond donors (Lipinski definition) is 1. The lowest BCUT2D eigenvalue weighted by atomic mass is 10.1. The van der Waals surface area contributed by atoms with Crippen molar-refractivity contribution in [1.29, 1.82) is 0 Å². The number of thioether (sulfide) groups is 1. The summed E-state index contributed by atoms with van der Waals surface area (Å²) in [5.41, 5.74) is 6.09. The van der Waals surface area contributed by atoms with Gasteiger partial charge in [0.15, 0.2) is 0 Å². The third kappa shape index (κ3) is 3.99. The second kappa shape index (κ2) is 7.55. The zero-order valence-electron chi connectivity index (χ0n) is 13.3. The topological polar surface area (TPSA) is 46.0 Å². The molecule has 0 spiro atoms. The van der Waals surface area contributed by atoms with E-state index >= 15 is 0 Å². The average Bonchev–Trinajstić information content (AvgIpc) is 2.61. The molecule has 6 heteroatoms. The van der Waals surface area contributed by atoms with E-state index in [4.69, 9.17) is 16.3 Å². The molecular weight excluding hydrogens is 342 g/mol. The van der Waals surface area contributed by atoms with E-state index < -0.39 is 0 Å². The predicted molar refractivity (Wildman–Crippen MR) is 103 cm³/mol. The molecule has 122 valence electrons. The number of aliphatic imine (C=N–C) groups is 1. The second-order valence-electron chi connectivity index (χ2n) is 5.08. The lowest BCUT2D eigenvalue weighted by Crippen LogP contribution is -2.13. The summed E-state index contributed by atoms with van der Waals surface area (Å²) in [6.07, 6.45) is 1.79. The molecule has 0 aliphatic carbocycles. The van der Waals surface area contributed by atoms with Gasteiger partial charge in [-0.1, -0.05) is 35.5 Å². The molecule has 1 aliphatic heterocycles. The van der Waals surface area contributed by atoms with E-state index in [0.717, 1.165) is 27.5 Å². The number of hydrogen-bond acceptors (Lipinski definition) is 5. The summed E-state index contributed by atoms with van der Waals surface area (Å²) in [4.78, 5) is 5.54. The van der Waals surface area contributed by atoms with Crippen molar-refractivity contribution in [2.45, 2.75) is 6.92 Å². The highest BCUT2D eigenvalue weighted by Gasteiger charge is 2.14. The molecule has 2 aromatic carbocycles. The van der Waals surface area contributed by atoms with Crippen LogP contribution in [0.2, 0.25) is 5.02 Å². The van der Waals surface area contributed by atoms with Gasteiger partial charge < -0.3 is 4.74 Å². The third-order valence-electron chi connectivity index (χ3n) is 3.43. The van der Waals surface area contributed by atoms with Crippen LogP contribution >= 0.6 is 23.4 Å². The van der Waals surface area contributed by atoms with E-state index in [1.54, 1.807) is 13.3 Å². The molecular formula is C18H16ClN3OS. The molecule has 4 nitrogen and oxygen atoms in total. The maximum atomic E-state index is 5.93. The van der Waals surface area contributed by atoms with E-state index in [-0.39, 0.29) is 0 Å². The van der Waals surface area contributed by atoms with Crippen molar-refractivity contribution in [2.24, 2.45) is 10.1 Å². The number of benzene rings is 2. The smallest absolute Gasteiger partial charge is 0.211 e. The van der Waals surface area contributed by atoms with Gasteiger partial charge in [0.1, 0.15) is 5.75 Å². The van der Waals surface area contributed by atoms with Crippen LogP contribution < -0.4 is 10.2 Å². The van der Waals surface area contributed by atoms with E-state index in [0.29, 0.717) is 10.2 Å². The minimum absolute atomic E-state index is 0.668. The van der Waals surface area contributed by atoms with Crippen molar-refractivity contribution in [1.82, 2.24) is 5.43 Å². The number of nitrogens with one attached hydrogen (secondary N) is 1. The normalized spacial score (nSPS) is 14.5. The van der Waals surface area contributed by atoms with Gasteiger partial charge in [0.2, 0.25) is 5.17 Å². The lowest BCUT2D eigenvalue weighted by Gasteiger charge is -2.16. The lowest BCUT2D eigenvalue weighted by molar-refractivity contribution is 0.415. The Morgan fingerprint density at radius 3 is 2.46 bits per heavy atom. The molecule has 0 aromatic heterocycles. The number of methoxy groups -OCH3 is 1. The van der Waals surface area contributed by atoms with Gasteiger partial charge in [-0.15, -0.1) is 5.10 Å². The Labute approximate surface area is 150 Å². The fourth-order valence-electron chi connectivity index (χ4n) is 2.15. The molecule has 1 heterocycles. The van der Waals surface area contributed by atoms with Crippen LogP contribution in [0.3, 0.4) is 0 Å². The van der Waals surface area contributed by atoms with Crippen molar-refractivity contribution in [3.8, 4) is 5.75 Å². The molecule has 0 atom stereocenters. The van der Waals surface area contributed by atoms with E-state index in [1.807, 2.05) is 55.5 Å². The summed E-state index contributed by atoms with van der Waals surface area (Å²) in [6.45, 7) is 2.04. The molecule has 2 aromatic rings. The summed E-state index contributed by atoms with van der Waals surface area (Å²) in [5, 5.41) is 5.71. The van der Waals surface area contributed by atoms with Gasteiger partial charge in [0.05, 0.1) is 12.8 Å². The maximum absolute atomic E-state index is 5.93. The predicted octanol–water partition coefficient (Wildman–Crippen LogP) is 4.76. The number of amidine groups is 1. The van der Waals surface area contributed by atoms with Gasteiger partial charge in [-0.25, -0.2) is 4.99 Å². The van der Waals surface area contributed by atoms with E-state index in [9.17, 15) is 0 Å². The van der Waals surface area contributed by atoms with Crippen LogP contribution in [0.25, 0.3) is 5.70 Å². The monoisotopic (exact) mass is 357 g/mol. The van der Waals surface area contributed by atoms with Crippen LogP contribution in [0.15, 0.2) is 63.5 Å².